The van der Waals surface area contributed by atoms with Crippen LogP contribution in [-0.4, -0.2) is 37.2 Å². The molecule has 414 valence electrons. The quantitative estimate of drug-likeness (QED) is 0.0261. The van der Waals surface area contributed by atoms with Gasteiger partial charge in [-0.05, 0) is 109 Å². The van der Waals surface area contributed by atoms with Gasteiger partial charge in [0.2, 0.25) is 0 Å². The van der Waals surface area contributed by atoms with Gasteiger partial charge in [-0.2, -0.15) is 0 Å². The molecule has 73 heavy (non-hydrogen) atoms. The maximum Gasteiger partial charge on any atom is 0.306 e. The summed E-state index contributed by atoms with van der Waals surface area (Å²) in [6.45, 7) is 6.32. The Balaban J connectivity index is 4.05. The van der Waals surface area contributed by atoms with Crippen LogP contribution in [0.2, 0.25) is 0 Å². The van der Waals surface area contributed by atoms with E-state index in [1.807, 2.05) is 0 Å². The normalized spacial score (nSPS) is 13.0. The smallest absolute Gasteiger partial charge is 0.306 e. The molecule has 1 unspecified atom stereocenters. The molecule has 0 aromatic rings. The van der Waals surface area contributed by atoms with Gasteiger partial charge in [0.25, 0.3) is 0 Å². The highest BCUT2D eigenvalue weighted by molar-refractivity contribution is 5.71. The lowest BCUT2D eigenvalue weighted by molar-refractivity contribution is -0.167. The lowest BCUT2D eigenvalue weighted by Crippen LogP contribution is -2.30. The van der Waals surface area contributed by atoms with E-state index in [9.17, 15) is 14.4 Å². The van der Waals surface area contributed by atoms with Gasteiger partial charge in [0.05, 0.1) is 0 Å². The SMILES string of the molecule is CC/C=C\C/C=C\C/C=C\C/C=C\C/C=C\C/C=C\C/C=C\CCCCCCCCCCCCCC(=O)OCC(COC(=O)CCCCCCC)OC(=O)CCCCCCCCC/C=C\C/C=C\C/C=C\CC. The molecule has 0 aliphatic heterocycles. The molecule has 0 N–H and O–H groups in total. The summed E-state index contributed by atoms with van der Waals surface area (Å²) < 4.78 is 16.7. The van der Waals surface area contributed by atoms with E-state index in [1.54, 1.807) is 0 Å². The Morgan fingerprint density at radius 3 is 0.836 bits per heavy atom. The second kappa shape index (κ2) is 60.4. The van der Waals surface area contributed by atoms with Crippen LogP contribution in [0.15, 0.2) is 122 Å². The van der Waals surface area contributed by atoms with Crippen molar-refractivity contribution in [3.05, 3.63) is 122 Å². The first-order valence-corrected chi connectivity index (χ1v) is 30.0. The van der Waals surface area contributed by atoms with Gasteiger partial charge in [0.1, 0.15) is 13.2 Å². The number of hydrogen-bond acceptors (Lipinski definition) is 6. The topological polar surface area (TPSA) is 78.9 Å². The maximum absolute atomic E-state index is 12.8. The fourth-order valence-corrected chi connectivity index (χ4v) is 8.03. The Bertz CT molecular complexity index is 1540. The molecule has 0 bridgehead atoms. The van der Waals surface area contributed by atoms with Crippen LogP contribution >= 0.6 is 0 Å². The second-order valence-corrected chi connectivity index (χ2v) is 19.5. The maximum atomic E-state index is 12.8. The fourth-order valence-electron chi connectivity index (χ4n) is 8.03. The van der Waals surface area contributed by atoms with E-state index in [0.717, 1.165) is 135 Å². The molecule has 0 saturated heterocycles. The number of hydrogen-bond donors (Lipinski definition) is 0. The molecule has 6 nitrogen and oxygen atoms in total. The van der Waals surface area contributed by atoms with Gasteiger partial charge in [-0.3, -0.25) is 14.4 Å². The predicted octanol–water partition coefficient (Wildman–Crippen LogP) is 20.4. The van der Waals surface area contributed by atoms with Gasteiger partial charge in [-0.15, -0.1) is 0 Å². The summed E-state index contributed by atoms with van der Waals surface area (Å²) in [6.07, 6.45) is 83.9. The summed E-state index contributed by atoms with van der Waals surface area (Å²) in [5, 5.41) is 0. The number of unbranched alkanes of at least 4 members (excludes halogenated alkanes) is 22. The van der Waals surface area contributed by atoms with Crippen molar-refractivity contribution < 1.29 is 28.6 Å². The first-order chi connectivity index (χ1) is 36.0. The summed E-state index contributed by atoms with van der Waals surface area (Å²) in [5.41, 5.74) is 0. The van der Waals surface area contributed by atoms with Crippen molar-refractivity contribution >= 4 is 17.9 Å². The molecule has 0 fully saturated rings. The molecule has 0 rings (SSSR count). The molecule has 0 aromatic carbocycles. The van der Waals surface area contributed by atoms with E-state index in [4.69, 9.17) is 14.2 Å². The molecule has 6 heteroatoms. The van der Waals surface area contributed by atoms with Crippen LogP contribution in [0.4, 0.5) is 0 Å². The number of allylic oxidation sites excluding steroid dienone is 20. The Kier molecular flexibility index (Phi) is 56.9. The van der Waals surface area contributed by atoms with Crippen molar-refractivity contribution in [2.24, 2.45) is 0 Å². The van der Waals surface area contributed by atoms with E-state index in [-0.39, 0.29) is 31.1 Å². The zero-order valence-corrected chi connectivity index (χ0v) is 47.4. The van der Waals surface area contributed by atoms with Crippen LogP contribution in [0.5, 0.6) is 0 Å². The first kappa shape index (κ1) is 68.8. The van der Waals surface area contributed by atoms with Crippen LogP contribution in [0.25, 0.3) is 0 Å². The highest BCUT2D eigenvalue weighted by atomic mass is 16.6. The number of rotatable bonds is 53. The van der Waals surface area contributed by atoms with E-state index in [0.29, 0.717) is 19.3 Å². The van der Waals surface area contributed by atoms with Crippen LogP contribution in [0.3, 0.4) is 0 Å². The van der Waals surface area contributed by atoms with Crippen LogP contribution in [0, 0.1) is 0 Å². The van der Waals surface area contributed by atoms with Gasteiger partial charge in [-0.25, -0.2) is 0 Å². The summed E-state index contributed by atoms with van der Waals surface area (Å²) in [5.74, 6) is -0.912. The van der Waals surface area contributed by atoms with Crippen LogP contribution in [-0.2, 0) is 28.6 Å². The summed E-state index contributed by atoms with van der Waals surface area (Å²) >= 11 is 0. The summed E-state index contributed by atoms with van der Waals surface area (Å²) in [4.78, 5) is 37.8. The molecule has 0 aromatic heterocycles. The summed E-state index contributed by atoms with van der Waals surface area (Å²) in [6, 6.07) is 0. The molecule has 1 atom stereocenters. The van der Waals surface area contributed by atoms with Crippen molar-refractivity contribution in [2.75, 3.05) is 13.2 Å². The average molecular weight is 1010 g/mol. The Morgan fingerprint density at radius 1 is 0.288 bits per heavy atom. The van der Waals surface area contributed by atoms with E-state index in [2.05, 4.69) is 142 Å². The molecule has 0 radical (unpaired) electrons. The number of carbonyl (C=O) groups is 3. The van der Waals surface area contributed by atoms with Gasteiger partial charge in [0.15, 0.2) is 6.10 Å². The van der Waals surface area contributed by atoms with Crippen molar-refractivity contribution in [3.63, 3.8) is 0 Å². The standard InChI is InChI=1S/C67H110O6/c1-4-7-10-13-15-17-19-21-23-25-26-27-28-29-30-31-32-33-34-35-36-37-38-39-40-42-43-45-47-49-51-54-57-60-66(69)72-63-64(62-71-65(68)59-56-53-12-9-6-3)73-67(70)61-58-55-52-50-48-46-44-41-24-22-20-18-16-14-11-8-5-2/h7-8,10-11,15-18,21-24,26-27,29-30,32-33,35-36,64H,4-6,9,12-14,19-20,25,28,31,34,37-63H2,1-3H3/b10-7-,11-8-,17-15-,18-16-,23-21-,24-22-,27-26-,30-29-,33-32-,36-35-. The minimum absolute atomic E-state index is 0.0843. The van der Waals surface area contributed by atoms with Crippen molar-refractivity contribution in [1.29, 1.82) is 0 Å². The molecule has 0 aliphatic carbocycles. The Hall–Kier alpha value is -4.19. The Labute approximate surface area is 450 Å². The number of ether oxygens (including phenoxy) is 3. The predicted molar refractivity (Wildman–Crippen MR) is 316 cm³/mol. The Morgan fingerprint density at radius 2 is 0.534 bits per heavy atom. The third kappa shape index (κ3) is 58.6. The van der Waals surface area contributed by atoms with E-state index in [1.165, 1.54) is 89.9 Å². The zero-order valence-electron chi connectivity index (χ0n) is 47.4. The van der Waals surface area contributed by atoms with E-state index >= 15 is 0 Å². The van der Waals surface area contributed by atoms with Crippen molar-refractivity contribution in [2.45, 2.75) is 271 Å². The van der Waals surface area contributed by atoms with Crippen LogP contribution in [0.1, 0.15) is 265 Å². The summed E-state index contributed by atoms with van der Waals surface area (Å²) in [7, 11) is 0. The highest BCUT2D eigenvalue weighted by Crippen LogP contribution is 2.15. The van der Waals surface area contributed by atoms with Gasteiger partial charge in [-0.1, -0.05) is 258 Å². The minimum atomic E-state index is -0.782. The van der Waals surface area contributed by atoms with Gasteiger partial charge >= 0.3 is 17.9 Å². The van der Waals surface area contributed by atoms with Crippen molar-refractivity contribution in [3.8, 4) is 0 Å². The van der Waals surface area contributed by atoms with Gasteiger partial charge < -0.3 is 14.2 Å². The lowest BCUT2D eigenvalue weighted by atomic mass is 10.0. The monoisotopic (exact) mass is 1010 g/mol. The molecule has 0 amide bonds. The highest BCUT2D eigenvalue weighted by Gasteiger charge is 2.19. The van der Waals surface area contributed by atoms with Crippen molar-refractivity contribution in [1.82, 2.24) is 0 Å². The average Bonchev–Trinajstić information content (AvgIpc) is 3.39. The molecule has 0 saturated carbocycles. The lowest BCUT2D eigenvalue weighted by Gasteiger charge is -2.18. The van der Waals surface area contributed by atoms with Gasteiger partial charge in [0, 0.05) is 19.3 Å². The van der Waals surface area contributed by atoms with Crippen LogP contribution < -0.4 is 0 Å². The molecular weight excluding hydrogens is 901 g/mol. The molecule has 0 spiro atoms. The molecule has 0 heterocycles. The largest absolute Gasteiger partial charge is 0.462 e. The third-order valence-corrected chi connectivity index (χ3v) is 12.5. The fraction of sp³-hybridized carbons (Fsp3) is 0.657. The minimum Gasteiger partial charge on any atom is -0.462 e. The molecular formula is C67H110O6. The number of esters is 3. The zero-order chi connectivity index (χ0) is 52.9. The second-order valence-electron chi connectivity index (χ2n) is 19.5. The third-order valence-electron chi connectivity index (χ3n) is 12.5. The molecule has 0 aliphatic rings. The van der Waals surface area contributed by atoms with E-state index < -0.39 is 6.10 Å². The first-order valence-electron chi connectivity index (χ1n) is 30.0. The number of carbonyl (C=O) groups excluding carboxylic acids is 3.